The summed E-state index contributed by atoms with van der Waals surface area (Å²) in [6, 6.07) is 7.12. The van der Waals surface area contributed by atoms with E-state index >= 15 is 0 Å². The number of rotatable bonds is 10. The third kappa shape index (κ3) is 8.32. The lowest BCUT2D eigenvalue weighted by Gasteiger charge is -2.18. The van der Waals surface area contributed by atoms with Crippen LogP contribution in [0, 0.1) is 5.92 Å². The first kappa shape index (κ1) is 21.9. The van der Waals surface area contributed by atoms with E-state index in [1.54, 1.807) is 0 Å². The van der Waals surface area contributed by atoms with Crippen LogP contribution in [-0.4, -0.2) is 31.8 Å². The van der Waals surface area contributed by atoms with E-state index in [1.165, 1.54) is 0 Å². The third-order valence-corrected chi connectivity index (χ3v) is 3.60. The Bertz CT molecular complexity index is 457. The van der Waals surface area contributed by atoms with Crippen LogP contribution in [0.5, 0.6) is 0 Å². The van der Waals surface area contributed by atoms with E-state index in [1.807, 2.05) is 45.0 Å². The minimum atomic E-state index is -0.490. The van der Waals surface area contributed by atoms with Gasteiger partial charge in [-0.1, -0.05) is 32.4 Å². The zero-order valence-electron chi connectivity index (χ0n) is 14.2. The molecule has 0 aliphatic carbocycles. The molecule has 0 aromatic heterocycles. The molecule has 1 aromatic rings. The first-order chi connectivity index (χ1) is 10.6. The Morgan fingerprint density at radius 2 is 1.96 bits per heavy atom. The first-order valence-electron chi connectivity index (χ1n) is 7.89. The maximum atomic E-state index is 12.1. The van der Waals surface area contributed by atoms with Crippen molar-refractivity contribution in [1.82, 2.24) is 0 Å². The molecule has 0 aliphatic heterocycles. The van der Waals surface area contributed by atoms with E-state index in [0.717, 1.165) is 17.7 Å². The minimum absolute atomic E-state index is 0. The molecule has 1 amide bonds. The van der Waals surface area contributed by atoms with Crippen molar-refractivity contribution in [2.45, 2.75) is 39.8 Å². The van der Waals surface area contributed by atoms with Gasteiger partial charge < -0.3 is 20.5 Å². The second kappa shape index (κ2) is 12.3. The highest BCUT2D eigenvalue weighted by Gasteiger charge is 2.19. The first-order valence-corrected chi connectivity index (χ1v) is 7.89. The molecule has 0 spiro atoms. The van der Waals surface area contributed by atoms with E-state index in [2.05, 4.69) is 5.32 Å². The van der Waals surface area contributed by atoms with Crippen LogP contribution >= 0.6 is 12.4 Å². The van der Waals surface area contributed by atoms with Crippen molar-refractivity contribution in [2.75, 3.05) is 25.1 Å². The molecule has 1 aromatic carbocycles. The largest absolute Gasteiger partial charge is 0.379 e. The van der Waals surface area contributed by atoms with Crippen molar-refractivity contribution in [3.63, 3.8) is 0 Å². The van der Waals surface area contributed by atoms with Crippen molar-refractivity contribution in [3.8, 4) is 0 Å². The fourth-order valence-electron chi connectivity index (χ4n) is 1.93. The molecule has 0 radical (unpaired) electrons. The van der Waals surface area contributed by atoms with Crippen LogP contribution in [0.3, 0.4) is 0 Å². The van der Waals surface area contributed by atoms with Gasteiger partial charge in [-0.15, -0.1) is 12.4 Å². The predicted molar refractivity (Wildman–Crippen MR) is 95.9 cm³/mol. The highest BCUT2D eigenvalue weighted by Crippen LogP contribution is 2.13. The lowest BCUT2D eigenvalue weighted by molar-refractivity contribution is -0.118. The molecular formula is C17H29ClN2O3. The third-order valence-electron chi connectivity index (χ3n) is 3.60. The molecule has 5 nitrogen and oxygen atoms in total. The van der Waals surface area contributed by atoms with Crippen LogP contribution in [0.4, 0.5) is 5.69 Å². The monoisotopic (exact) mass is 344 g/mol. The highest BCUT2D eigenvalue weighted by molar-refractivity contribution is 5.94. The summed E-state index contributed by atoms with van der Waals surface area (Å²) in [6.07, 6.45) is 0.877. The molecule has 0 aliphatic rings. The van der Waals surface area contributed by atoms with Gasteiger partial charge in [0, 0.05) is 12.3 Å². The van der Waals surface area contributed by atoms with Gasteiger partial charge in [0.25, 0.3) is 0 Å². The van der Waals surface area contributed by atoms with Crippen LogP contribution in [0.25, 0.3) is 0 Å². The van der Waals surface area contributed by atoms with Crippen LogP contribution < -0.4 is 11.1 Å². The summed E-state index contributed by atoms with van der Waals surface area (Å²) >= 11 is 0. The number of carbonyl (C=O) groups excluding carboxylic acids is 1. The fourth-order valence-corrected chi connectivity index (χ4v) is 1.93. The summed E-state index contributed by atoms with van der Waals surface area (Å²) in [7, 11) is 0. The Morgan fingerprint density at radius 1 is 1.26 bits per heavy atom. The van der Waals surface area contributed by atoms with Crippen molar-refractivity contribution in [1.29, 1.82) is 0 Å². The minimum Gasteiger partial charge on any atom is -0.379 e. The van der Waals surface area contributed by atoms with Crippen molar-refractivity contribution in [2.24, 2.45) is 11.7 Å². The zero-order chi connectivity index (χ0) is 16.4. The summed E-state index contributed by atoms with van der Waals surface area (Å²) in [6.45, 7) is 8.30. The lowest BCUT2D eigenvalue weighted by Crippen LogP contribution is -2.40. The predicted octanol–water partition coefficient (Wildman–Crippen LogP) is 2.97. The maximum absolute atomic E-state index is 12.1. The summed E-state index contributed by atoms with van der Waals surface area (Å²) in [4.78, 5) is 12.1. The SMILES string of the molecule is CCOCCOCc1cccc(NC(=O)C(N)C(C)CC)c1.Cl. The van der Waals surface area contributed by atoms with Crippen LogP contribution in [-0.2, 0) is 20.9 Å². The summed E-state index contributed by atoms with van der Waals surface area (Å²) in [5.74, 6) is 0.00819. The van der Waals surface area contributed by atoms with Gasteiger partial charge in [0.1, 0.15) is 0 Å². The standard InChI is InChI=1S/C17H28N2O3.ClH/c1-4-13(3)16(18)17(20)19-15-8-6-7-14(11-15)12-22-10-9-21-5-2;/h6-8,11,13,16H,4-5,9-10,12,18H2,1-3H3,(H,19,20);1H. The van der Waals surface area contributed by atoms with Crippen LogP contribution in [0.15, 0.2) is 24.3 Å². The summed E-state index contributed by atoms with van der Waals surface area (Å²) < 4.78 is 10.7. The highest BCUT2D eigenvalue weighted by atomic mass is 35.5. The normalized spacial score (nSPS) is 13.0. The van der Waals surface area contributed by atoms with Gasteiger partial charge in [0.05, 0.1) is 25.9 Å². The number of ether oxygens (including phenoxy) is 2. The molecule has 132 valence electrons. The van der Waals surface area contributed by atoms with Gasteiger partial charge in [0.2, 0.25) is 5.91 Å². The second-order valence-electron chi connectivity index (χ2n) is 5.35. The molecule has 23 heavy (non-hydrogen) atoms. The molecule has 3 N–H and O–H groups in total. The summed E-state index contributed by atoms with van der Waals surface area (Å²) in [5, 5.41) is 2.86. The molecule has 2 unspecified atom stereocenters. The van der Waals surface area contributed by atoms with Gasteiger partial charge in [-0.3, -0.25) is 4.79 Å². The Kier molecular flexibility index (Phi) is 11.7. The Balaban J connectivity index is 0.00000484. The van der Waals surface area contributed by atoms with Gasteiger partial charge >= 0.3 is 0 Å². The van der Waals surface area contributed by atoms with Gasteiger partial charge in [-0.2, -0.15) is 0 Å². The maximum Gasteiger partial charge on any atom is 0.241 e. The number of hydrogen-bond acceptors (Lipinski definition) is 4. The zero-order valence-corrected chi connectivity index (χ0v) is 15.0. The molecule has 0 heterocycles. The summed E-state index contributed by atoms with van der Waals surface area (Å²) in [5.41, 5.74) is 7.68. The van der Waals surface area contributed by atoms with E-state index in [0.29, 0.717) is 26.4 Å². The molecule has 0 saturated heterocycles. The number of anilines is 1. The van der Waals surface area contributed by atoms with Crippen molar-refractivity contribution in [3.05, 3.63) is 29.8 Å². The van der Waals surface area contributed by atoms with Crippen LogP contribution in [0.2, 0.25) is 0 Å². The van der Waals surface area contributed by atoms with Gasteiger partial charge in [-0.05, 0) is 30.5 Å². The average molecular weight is 345 g/mol. The van der Waals surface area contributed by atoms with Gasteiger partial charge in [0.15, 0.2) is 0 Å². The molecule has 0 fully saturated rings. The van der Waals surface area contributed by atoms with Gasteiger partial charge in [-0.25, -0.2) is 0 Å². The second-order valence-corrected chi connectivity index (χ2v) is 5.35. The average Bonchev–Trinajstić information content (AvgIpc) is 2.53. The Labute approximate surface area is 145 Å². The molecule has 1 rings (SSSR count). The van der Waals surface area contributed by atoms with E-state index in [4.69, 9.17) is 15.2 Å². The number of hydrogen-bond donors (Lipinski definition) is 2. The number of halogens is 1. The number of nitrogens with one attached hydrogen (secondary N) is 1. The number of benzene rings is 1. The van der Waals surface area contributed by atoms with Crippen molar-refractivity contribution >= 4 is 24.0 Å². The van der Waals surface area contributed by atoms with Crippen LogP contribution in [0.1, 0.15) is 32.8 Å². The molecule has 2 atom stereocenters. The smallest absolute Gasteiger partial charge is 0.241 e. The van der Waals surface area contributed by atoms with E-state index in [-0.39, 0.29) is 24.2 Å². The van der Waals surface area contributed by atoms with Crippen molar-refractivity contribution < 1.29 is 14.3 Å². The molecular weight excluding hydrogens is 316 g/mol. The van der Waals surface area contributed by atoms with E-state index < -0.39 is 6.04 Å². The fraction of sp³-hybridized carbons (Fsp3) is 0.588. The number of nitrogens with two attached hydrogens (primary N) is 1. The van der Waals surface area contributed by atoms with E-state index in [9.17, 15) is 4.79 Å². The topological polar surface area (TPSA) is 73.6 Å². The number of carbonyl (C=O) groups is 1. The number of amides is 1. The Morgan fingerprint density at radius 3 is 2.61 bits per heavy atom. The Hall–Kier alpha value is -1.14. The molecule has 0 bridgehead atoms. The molecule has 6 heteroatoms. The molecule has 0 saturated carbocycles. The lowest BCUT2D eigenvalue weighted by atomic mass is 9.99. The quantitative estimate of drug-likeness (QED) is 0.640.